The van der Waals surface area contributed by atoms with Crippen LogP contribution < -0.4 is 5.73 Å². The van der Waals surface area contributed by atoms with Gasteiger partial charge in [0.2, 0.25) is 5.91 Å². The Morgan fingerprint density at radius 2 is 2.07 bits per heavy atom. The summed E-state index contributed by atoms with van der Waals surface area (Å²) in [6.07, 6.45) is 2.68. The van der Waals surface area contributed by atoms with Crippen LogP contribution in [-0.4, -0.2) is 42.1 Å². The Morgan fingerprint density at radius 3 is 2.78 bits per heavy atom. The molecule has 0 aliphatic carbocycles. The second kappa shape index (κ2) is 6.96. The minimum Gasteiger partial charge on any atom is -0.366 e. The summed E-state index contributed by atoms with van der Waals surface area (Å²) in [6, 6.07) is 7.53. The molecule has 140 valence electrons. The first-order valence-corrected chi connectivity index (χ1v) is 9.10. The molecule has 0 fully saturated rings. The maximum absolute atomic E-state index is 11.2. The van der Waals surface area contributed by atoms with E-state index < -0.39 is 5.91 Å². The summed E-state index contributed by atoms with van der Waals surface area (Å²) < 4.78 is 2.11. The molecule has 27 heavy (non-hydrogen) atoms. The molecule has 1 amide bonds. The zero-order valence-corrected chi connectivity index (χ0v) is 15.5. The van der Waals surface area contributed by atoms with Gasteiger partial charge in [0.1, 0.15) is 18.0 Å². The quantitative estimate of drug-likeness (QED) is 0.718. The number of hydrogen-bond donors (Lipinski definition) is 2. The maximum atomic E-state index is 11.2. The molecule has 0 bridgehead atoms. The van der Waals surface area contributed by atoms with Gasteiger partial charge in [-0.15, -0.1) is 10.2 Å². The van der Waals surface area contributed by atoms with Crippen LogP contribution in [0.25, 0.3) is 11.4 Å². The Balaban J connectivity index is 1.50. The Hall–Kier alpha value is -3.00. The van der Waals surface area contributed by atoms with E-state index >= 15 is 0 Å². The number of fused-ring (bicyclic) bond motifs is 1. The minimum absolute atomic E-state index is 0.345. The number of rotatable bonds is 5. The Labute approximate surface area is 157 Å². The first-order valence-electron chi connectivity index (χ1n) is 9.10. The molecule has 8 nitrogen and oxygen atoms in total. The van der Waals surface area contributed by atoms with Crippen LogP contribution in [0, 0.1) is 0 Å². The Kier molecular flexibility index (Phi) is 4.49. The summed E-state index contributed by atoms with van der Waals surface area (Å²) >= 11 is 0. The molecule has 1 aromatic carbocycles. The van der Waals surface area contributed by atoms with Crippen LogP contribution in [0.15, 0.2) is 30.6 Å². The van der Waals surface area contributed by atoms with Crippen LogP contribution in [0.2, 0.25) is 0 Å². The SMILES string of the molecule is CC(C)n1cnnc1CN1CCc2nc(-c3ccc(C(N)=O)cc3)[nH]c2C1. The topological polar surface area (TPSA) is 106 Å². The number of amides is 1. The third-order valence-electron chi connectivity index (χ3n) is 4.92. The molecular weight excluding hydrogens is 342 g/mol. The molecule has 0 unspecified atom stereocenters. The van der Waals surface area contributed by atoms with Crippen LogP contribution in [0.3, 0.4) is 0 Å². The summed E-state index contributed by atoms with van der Waals surface area (Å²) in [5, 5.41) is 8.32. The molecule has 0 saturated carbocycles. The van der Waals surface area contributed by atoms with Crippen LogP contribution in [0.5, 0.6) is 0 Å². The highest BCUT2D eigenvalue weighted by atomic mass is 16.1. The van der Waals surface area contributed by atoms with Crippen molar-refractivity contribution in [2.75, 3.05) is 6.54 Å². The summed E-state index contributed by atoms with van der Waals surface area (Å²) in [5.74, 6) is 1.38. The van der Waals surface area contributed by atoms with Crippen molar-refractivity contribution in [3.8, 4) is 11.4 Å². The first kappa shape index (κ1) is 17.4. The smallest absolute Gasteiger partial charge is 0.248 e. The zero-order valence-electron chi connectivity index (χ0n) is 15.5. The highest BCUT2D eigenvalue weighted by molar-refractivity contribution is 5.93. The first-order chi connectivity index (χ1) is 13.0. The van der Waals surface area contributed by atoms with Crippen LogP contribution >= 0.6 is 0 Å². The van der Waals surface area contributed by atoms with Gasteiger partial charge in [0.05, 0.1) is 17.9 Å². The van der Waals surface area contributed by atoms with Crippen molar-refractivity contribution in [1.29, 1.82) is 0 Å². The number of nitrogens with zero attached hydrogens (tertiary/aromatic N) is 5. The lowest BCUT2D eigenvalue weighted by atomic mass is 10.1. The van der Waals surface area contributed by atoms with Gasteiger partial charge < -0.3 is 15.3 Å². The van der Waals surface area contributed by atoms with Gasteiger partial charge in [0.15, 0.2) is 0 Å². The van der Waals surface area contributed by atoms with E-state index in [-0.39, 0.29) is 0 Å². The van der Waals surface area contributed by atoms with Crippen molar-refractivity contribution in [2.24, 2.45) is 5.73 Å². The van der Waals surface area contributed by atoms with Gasteiger partial charge in [-0.05, 0) is 26.0 Å². The number of aromatic amines is 1. The number of H-pyrrole nitrogens is 1. The molecule has 1 aliphatic rings. The van der Waals surface area contributed by atoms with E-state index in [0.717, 1.165) is 54.7 Å². The van der Waals surface area contributed by atoms with Gasteiger partial charge in [-0.1, -0.05) is 12.1 Å². The van der Waals surface area contributed by atoms with E-state index in [1.54, 1.807) is 18.5 Å². The fourth-order valence-electron chi connectivity index (χ4n) is 3.42. The molecule has 3 heterocycles. The van der Waals surface area contributed by atoms with E-state index in [2.05, 4.69) is 38.5 Å². The number of primary amides is 1. The Bertz CT molecular complexity index is 955. The van der Waals surface area contributed by atoms with Gasteiger partial charge in [0.25, 0.3) is 0 Å². The average Bonchev–Trinajstić information content (AvgIpc) is 3.28. The summed E-state index contributed by atoms with van der Waals surface area (Å²) in [7, 11) is 0. The number of aromatic nitrogens is 5. The second-order valence-electron chi connectivity index (χ2n) is 7.16. The third-order valence-corrected chi connectivity index (χ3v) is 4.92. The normalized spacial score (nSPS) is 14.5. The minimum atomic E-state index is -0.426. The van der Waals surface area contributed by atoms with E-state index in [0.29, 0.717) is 11.6 Å². The van der Waals surface area contributed by atoms with E-state index in [1.807, 2.05) is 12.1 Å². The molecule has 0 radical (unpaired) electrons. The Morgan fingerprint density at radius 1 is 1.30 bits per heavy atom. The van der Waals surface area contributed by atoms with Crippen molar-refractivity contribution in [2.45, 2.75) is 39.4 Å². The molecule has 4 rings (SSSR count). The van der Waals surface area contributed by atoms with Gasteiger partial charge in [-0.2, -0.15) is 0 Å². The lowest BCUT2D eigenvalue weighted by Crippen LogP contribution is -2.31. The average molecular weight is 365 g/mol. The van der Waals surface area contributed by atoms with Crippen molar-refractivity contribution in [3.05, 3.63) is 53.4 Å². The van der Waals surface area contributed by atoms with Crippen LogP contribution in [0.1, 0.15) is 47.5 Å². The summed E-state index contributed by atoms with van der Waals surface area (Å²) in [5.41, 5.74) is 8.98. The zero-order chi connectivity index (χ0) is 19.0. The molecule has 3 N–H and O–H groups in total. The van der Waals surface area contributed by atoms with Crippen molar-refractivity contribution in [1.82, 2.24) is 29.6 Å². The fourth-order valence-corrected chi connectivity index (χ4v) is 3.42. The molecule has 2 aromatic heterocycles. The summed E-state index contributed by atoms with van der Waals surface area (Å²) in [4.78, 5) is 21.7. The monoisotopic (exact) mass is 365 g/mol. The second-order valence-corrected chi connectivity index (χ2v) is 7.16. The molecular formula is C19H23N7O. The van der Waals surface area contributed by atoms with E-state index in [4.69, 9.17) is 10.7 Å². The van der Waals surface area contributed by atoms with Crippen molar-refractivity contribution in [3.63, 3.8) is 0 Å². The van der Waals surface area contributed by atoms with E-state index in [9.17, 15) is 4.79 Å². The maximum Gasteiger partial charge on any atom is 0.248 e. The number of nitrogens with one attached hydrogen (secondary N) is 1. The molecule has 3 aromatic rings. The molecule has 1 aliphatic heterocycles. The third kappa shape index (κ3) is 3.48. The number of carbonyl (C=O) groups is 1. The van der Waals surface area contributed by atoms with E-state index in [1.165, 1.54) is 0 Å². The fraction of sp³-hybridized carbons (Fsp3) is 0.368. The number of carbonyl (C=O) groups excluding carboxylic acids is 1. The summed E-state index contributed by atoms with van der Waals surface area (Å²) in [6.45, 7) is 6.76. The van der Waals surface area contributed by atoms with Crippen LogP contribution in [0.4, 0.5) is 0 Å². The largest absolute Gasteiger partial charge is 0.366 e. The highest BCUT2D eigenvalue weighted by Crippen LogP contribution is 2.24. The standard InChI is InChI=1S/C19H23N7O/c1-12(2)26-11-21-24-17(26)10-25-8-7-15-16(9-25)23-19(22-15)14-5-3-13(4-6-14)18(20)27/h3-6,11-12H,7-10H2,1-2H3,(H2,20,27)(H,22,23). The van der Waals surface area contributed by atoms with Gasteiger partial charge in [-0.25, -0.2) is 4.98 Å². The lowest BCUT2D eigenvalue weighted by Gasteiger charge is -2.25. The highest BCUT2D eigenvalue weighted by Gasteiger charge is 2.22. The van der Waals surface area contributed by atoms with Crippen LogP contribution in [-0.2, 0) is 19.5 Å². The predicted molar refractivity (Wildman–Crippen MR) is 101 cm³/mol. The number of benzene rings is 1. The molecule has 0 spiro atoms. The molecule has 0 atom stereocenters. The van der Waals surface area contributed by atoms with Gasteiger partial charge in [-0.3, -0.25) is 9.69 Å². The predicted octanol–water partition coefficient (Wildman–Crippen LogP) is 1.91. The van der Waals surface area contributed by atoms with Crippen molar-refractivity contribution >= 4 is 5.91 Å². The van der Waals surface area contributed by atoms with Gasteiger partial charge in [0, 0.05) is 36.7 Å². The number of imidazole rings is 1. The molecule has 8 heteroatoms. The lowest BCUT2D eigenvalue weighted by molar-refractivity contribution is 0.100. The van der Waals surface area contributed by atoms with Crippen molar-refractivity contribution < 1.29 is 4.79 Å². The van der Waals surface area contributed by atoms with Gasteiger partial charge >= 0.3 is 0 Å². The molecule has 0 saturated heterocycles. The number of nitrogens with two attached hydrogens (primary N) is 1. The number of hydrogen-bond acceptors (Lipinski definition) is 5.